The van der Waals surface area contributed by atoms with Gasteiger partial charge >= 0.3 is 5.97 Å². The van der Waals surface area contributed by atoms with Crippen molar-refractivity contribution in [2.45, 2.75) is 27.2 Å². The number of hydrogen-bond acceptors (Lipinski definition) is 2. The molecule has 0 bridgehead atoms. The molecule has 0 saturated carbocycles. The summed E-state index contributed by atoms with van der Waals surface area (Å²) >= 11 is 5.91. The molecule has 0 unspecified atom stereocenters. The van der Waals surface area contributed by atoms with Crippen LogP contribution in [0.1, 0.15) is 37.6 Å². The highest BCUT2D eigenvalue weighted by Gasteiger charge is 2.19. The Hall–Kier alpha value is -1.55. The summed E-state index contributed by atoms with van der Waals surface area (Å²) in [5, 5.41) is 11.8. The second-order valence-electron chi connectivity index (χ2n) is 5.25. The van der Waals surface area contributed by atoms with Gasteiger partial charge in [0.25, 0.3) is 0 Å². The number of para-hydroxylation sites is 1. The first kappa shape index (κ1) is 14.5. The van der Waals surface area contributed by atoms with Gasteiger partial charge in [0.05, 0.1) is 16.3 Å². The molecule has 18 heavy (non-hydrogen) atoms. The fraction of sp³-hybridized carbons (Fsp3) is 0.385. The molecular weight excluding hydrogens is 254 g/mol. The van der Waals surface area contributed by atoms with Gasteiger partial charge < -0.3 is 10.4 Å². The maximum atomic E-state index is 11.8. The minimum absolute atomic E-state index is 0.00948. The topological polar surface area (TPSA) is 66.4 Å². The Morgan fingerprint density at radius 2 is 1.94 bits per heavy atom. The maximum absolute atomic E-state index is 11.8. The Morgan fingerprint density at radius 3 is 2.44 bits per heavy atom. The van der Waals surface area contributed by atoms with Crippen molar-refractivity contribution >= 4 is 29.2 Å². The van der Waals surface area contributed by atoms with Gasteiger partial charge in [-0.25, -0.2) is 4.79 Å². The van der Waals surface area contributed by atoms with Gasteiger partial charge in [-0.2, -0.15) is 0 Å². The number of aromatic carboxylic acids is 1. The van der Waals surface area contributed by atoms with Crippen LogP contribution in [0.2, 0.25) is 5.02 Å². The van der Waals surface area contributed by atoms with E-state index in [0.29, 0.717) is 0 Å². The fourth-order valence-electron chi connectivity index (χ4n) is 1.49. The Morgan fingerprint density at radius 1 is 1.33 bits per heavy atom. The summed E-state index contributed by atoms with van der Waals surface area (Å²) in [4.78, 5) is 22.8. The van der Waals surface area contributed by atoms with Crippen molar-refractivity contribution in [2.24, 2.45) is 5.41 Å². The summed E-state index contributed by atoms with van der Waals surface area (Å²) in [5.41, 5.74) is -0.0278. The van der Waals surface area contributed by atoms with Gasteiger partial charge in [-0.15, -0.1) is 0 Å². The van der Waals surface area contributed by atoms with E-state index in [1.165, 1.54) is 12.1 Å². The molecule has 0 saturated heterocycles. The number of halogens is 1. The summed E-state index contributed by atoms with van der Waals surface area (Å²) in [6.07, 6.45) is 0.289. The zero-order chi connectivity index (χ0) is 13.9. The van der Waals surface area contributed by atoms with Gasteiger partial charge in [0.1, 0.15) is 0 Å². The highest BCUT2D eigenvalue weighted by Crippen LogP contribution is 2.27. The van der Waals surface area contributed by atoms with Crippen molar-refractivity contribution in [3.05, 3.63) is 28.8 Å². The Labute approximate surface area is 111 Å². The molecule has 1 aromatic carbocycles. The number of rotatable bonds is 3. The van der Waals surface area contributed by atoms with E-state index in [0.717, 1.165) is 0 Å². The molecule has 4 nitrogen and oxygen atoms in total. The zero-order valence-electron chi connectivity index (χ0n) is 10.6. The normalized spacial score (nSPS) is 11.1. The molecule has 0 aromatic heterocycles. The second kappa shape index (κ2) is 5.40. The Kier molecular flexibility index (Phi) is 4.35. The first-order valence-electron chi connectivity index (χ1n) is 5.52. The van der Waals surface area contributed by atoms with Gasteiger partial charge in [-0.05, 0) is 17.5 Å². The molecule has 0 heterocycles. The predicted octanol–water partition coefficient (Wildman–Crippen LogP) is 3.41. The van der Waals surface area contributed by atoms with E-state index in [1.54, 1.807) is 6.07 Å². The van der Waals surface area contributed by atoms with Gasteiger partial charge in [0.15, 0.2) is 0 Å². The number of benzene rings is 1. The highest BCUT2D eigenvalue weighted by atomic mass is 35.5. The number of hydrogen-bond donors (Lipinski definition) is 2. The van der Waals surface area contributed by atoms with Crippen LogP contribution >= 0.6 is 11.6 Å². The quantitative estimate of drug-likeness (QED) is 0.884. The number of amides is 1. The van der Waals surface area contributed by atoms with Crippen LogP contribution in [0.25, 0.3) is 0 Å². The minimum atomic E-state index is -1.12. The van der Waals surface area contributed by atoms with Crippen molar-refractivity contribution in [2.75, 3.05) is 5.32 Å². The predicted molar refractivity (Wildman–Crippen MR) is 71.1 cm³/mol. The molecule has 0 aliphatic rings. The molecule has 0 aliphatic carbocycles. The number of anilines is 1. The van der Waals surface area contributed by atoms with Crippen LogP contribution < -0.4 is 5.32 Å². The molecule has 1 aromatic rings. The molecule has 0 atom stereocenters. The third-order valence-corrected chi connectivity index (χ3v) is 2.51. The molecule has 1 rings (SSSR count). The second-order valence-corrected chi connectivity index (χ2v) is 5.66. The van der Waals surface area contributed by atoms with Crippen LogP contribution in [-0.4, -0.2) is 17.0 Å². The Bertz CT molecular complexity index is 478. The fourth-order valence-corrected chi connectivity index (χ4v) is 1.72. The average molecular weight is 270 g/mol. The van der Waals surface area contributed by atoms with Crippen molar-refractivity contribution < 1.29 is 14.7 Å². The molecule has 0 aliphatic heterocycles. The number of nitrogens with one attached hydrogen (secondary N) is 1. The molecule has 0 fully saturated rings. The highest BCUT2D eigenvalue weighted by molar-refractivity contribution is 6.34. The molecular formula is C13H16ClNO3. The lowest BCUT2D eigenvalue weighted by molar-refractivity contribution is -0.117. The van der Waals surface area contributed by atoms with Crippen molar-refractivity contribution in [3.8, 4) is 0 Å². The van der Waals surface area contributed by atoms with Crippen LogP contribution in [0.5, 0.6) is 0 Å². The Balaban J connectivity index is 2.97. The van der Waals surface area contributed by atoms with Crippen molar-refractivity contribution in [1.29, 1.82) is 0 Å². The average Bonchev–Trinajstić information content (AvgIpc) is 2.17. The lowest BCUT2D eigenvalue weighted by Gasteiger charge is -2.18. The molecule has 0 spiro atoms. The summed E-state index contributed by atoms with van der Waals surface area (Å²) in [6.45, 7) is 5.78. The summed E-state index contributed by atoms with van der Waals surface area (Å²) in [6, 6.07) is 4.48. The smallest absolute Gasteiger partial charge is 0.337 e. The van der Waals surface area contributed by atoms with Crippen LogP contribution in [0.4, 0.5) is 5.69 Å². The lowest BCUT2D eigenvalue weighted by Crippen LogP contribution is -2.21. The summed E-state index contributed by atoms with van der Waals surface area (Å²) < 4.78 is 0. The van der Waals surface area contributed by atoms with E-state index in [4.69, 9.17) is 16.7 Å². The molecule has 0 radical (unpaired) electrons. The van der Waals surface area contributed by atoms with E-state index in [-0.39, 0.29) is 34.0 Å². The summed E-state index contributed by atoms with van der Waals surface area (Å²) in [7, 11) is 0. The number of carbonyl (C=O) groups excluding carboxylic acids is 1. The third-order valence-electron chi connectivity index (χ3n) is 2.20. The van der Waals surface area contributed by atoms with Gasteiger partial charge in [0.2, 0.25) is 5.91 Å². The third kappa shape index (κ3) is 4.04. The van der Waals surface area contributed by atoms with E-state index < -0.39 is 5.97 Å². The molecule has 1 amide bonds. The van der Waals surface area contributed by atoms with Crippen molar-refractivity contribution in [1.82, 2.24) is 0 Å². The van der Waals surface area contributed by atoms with Crippen LogP contribution in [0.3, 0.4) is 0 Å². The summed E-state index contributed by atoms with van der Waals surface area (Å²) in [5.74, 6) is -1.37. The van der Waals surface area contributed by atoms with Gasteiger partial charge in [-0.3, -0.25) is 4.79 Å². The number of carboxylic acids is 1. The van der Waals surface area contributed by atoms with E-state index in [1.807, 2.05) is 20.8 Å². The van der Waals surface area contributed by atoms with Crippen LogP contribution in [-0.2, 0) is 4.79 Å². The maximum Gasteiger partial charge on any atom is 0.337 e. The van der Waals surface area contributed by atoms with Crippen LogP contribution in [0, 0.1) is 5.41 Å². The van der Waals surface area contributed by atoms with Crippen molar-refractivity contribution in [3.63, 3.8) is 0 Å². The zero-order valence-corrected chi connectivity index (χ0v) is 11.3. The van der Waals surface area contributed by atoms with E-state index in [2.05, 4.69) is 5.32 Å². The van der Waals surface area contributed by atoms with Crippen LogP contribution in [0.15, 0.2) is 18.2 Å². The largest absolute Gasteiger partial charge is 0.478 e. The first-order chi connectivity index (χ1) is 8.20. The number of carbonyl (C=O) groups is 2. The number of carboxylic acid groups (broad SMARTS) is 1. The minimum Gasteiger partial charge on any atom is -0.478 e. The molecule has 2 N–H and O–H groups in total. The molecule has 98 valence electrons. The monoisotopic (exact) mass is 269 g/mol. The lowest BCUT2D eigenvalue weighted by atomic mass is 9.92. The SMILES string of the molecule is CC(C)(C)CC(=O)Nc1c(Cl)cccc1C(=O)O. The van der Waals surface area contributed by atoms with Gasteiger partial charge in [0, 0.05) is 6.42 Å². The van der Waals surface area contributed by atoms with Gasteiger partial charge in [-0.1, -0.05) is 38.4 Å². The van der Waals surface area contributed by atoms with E-state index in [9.17, 15) is 9.59 Å². The standard InChI is InChI=1S/C13H16ClNO3/c1-13(2,3)7-10(16)15-11-8(12(17)18)5-4-6-9(11)14/h4-6H,7H2,1-3H3,(H,15,16)(H,17,18). The van der Waals surface area contributed by atoms with E-state index >= 15 is 0 Å². The first-order valence-corrected chi connectivity index (χ1v) is 5.90. The molecule has 5 heteroatoms.